The number of amides is 3. The number of nitrogens with one attached hydrogen (secondary N) is 3. The minimum Gasteiger partial charge on any atom is -0.334 e. The van der Waals surface area contributed by atoms with E-state index in [9.17, 15) is 14.0 Å². The molecule has 0 bridgehead atoms. The number of nitrogens with zero attached hydrogens (tertiary/aromatic N) is 1. The summed E-state index contributed by atoms with van der Waals surface area (Å²) in [7, 11) is 0. The molecule has 0 unspecified atom stereocenters. The number of aromatic nitrogens is 1. The van der Waals surface area contributed by atoms with E-state index in [4.69, 9.17) is 5.21 Å². The third-order valence-electron chi connectivity index (χ3n) is 4.90. The van der Waals surface area contributed by atoms with Gasteiger partial charge in [-0.25, -0.2) is 14.7 Å². The van der Waals surface area contributed by atoms with Crippen LogP contribution in [0.1, 0.15) is 15.9 Å². The SMILES string of the molecule is O=C(NCc1ccc(C(=O)NO)c(-c2cccc(F)c2)c1)Nc1cccc2cccnc12. The Morgan fingerprint density at radius 2 is 1.78 bits per heavy atom. The zero-order valence-corrected chi connectivity index (χ0v) is 16.8. The van der Waals surface area contributed by atoms with E-state index >= 15 is 0 Å². The summed E-state index contributed by atoms with van der Waals surface area (Å²) in [5.74, 6) is -1.17. The summed E-state index contributed by atoms with van der Waals surface area (Å²) in [4.78, 5) is 28.8. The maximum Gasteiger partial charge on any atom is 0.319 e. The average molecular weight is 430 g/mol. The van der Waals surface area contributed by atoms with Gasteiger partial charge in [0.1, 0.15) is 5.82 Å². The van der Waals surface area contributed by atoms with Crippen molar-refractivity contribution in [2.45, 2.75) is 6.54 Å². The maximum atomic E-state index is 13.7. The van der Waals surface area contributed by atoms with Crippen LogP contribution in [-0.4, -0.2) is 22.1 Å². The van der Waals surface area contributed by atoms with Crippen LogP contribution < -0.4 is 16.1 Å². The zero-order valence-electron chi connectivity index (χ0n) is 16.8. The minimum absolute atomic E-state index is 0.160. The van der Waals surface area contributed by atoms with E-state index in [1.54, 1.807) is 35.9 Å². The monoisotopic (exact) mass is 430 g/mol. The number of carbonyl (C=O) groups excluding carboxylic acids is 2. The number of urea groups is 1. The molecule has 4 aromatic rings. The van der Waals surface area contributed by atoms with Gasteiger partial charge in [0.25, 0.3) is 5.91 Å². The number of hydrogen-bond acceptors (Lipinski definition) is 4. The lowest BCUT2D eigenvalue weighted by molar-refractivity contribution is 0.0707. The van der Waals surface area contributed by atoms with Gasteiger partial charge in [-0.2, -0.15) is 0 Å². The Balaban J connectivity index is 1.53. The fourth-order valence-electron chi connectivity index (χ4n) is 3.41. The fraction of sp³-hybridized carbons (Fsp3) is 0.0417. The van der Waals surface area contributed by atoms with E-state index in [1.807, 2.05) is 24.3 Å². The summed E-state index contributed by atoms with van der Waals surface area (Å²) in [5.41, 5.74) is 4.61. The number of halogens is 1. The molecule has 0 atom stereocenters. The van der Waals surface area contributed by atoms with E-state index in [2.05, 4.69) is 15.6 Å². The second kappa shape index (κ2) is 9.23. The highest BCUT2D eigenvalue weighted by molar-refractivity contribution is 6.01. The molecule has 0 aliphatic heterocycles. The Bertz CT molecular complexity index is 1300. The van der Waals surface area contributed by atoms with Gasteiger partial charge in [0.05, 0.1) is 11.2 Å². The quantitative estimate of drug-likeness (QED) is 0.277. The number of pyridine rings is 1. The van der Waals surface area contributed by atoms with Crippen LogP contribution in [0.25, 0.3) is 22.0 Å². The molecular weight excluding hydrogens is 411 g/mol. The second-order valence-corrected chi connectivity index (χ2v) is 7.02. The van der Waals surface area contributed by atoms with Crippen LogP contribution in [0.2, 0.25) is 0 Å². The molecule has 0 fully saturated rings. The molecule has 3 aromatic carbocycles. The third kappa shape index (κ3) is 4.55. The van der Waals surface area contributed by atoms with Gasteiger partial charge in [0.15, 0.2) is 0 Å². The first-order valence-corrected chi connectivity index (χ1v) is 9.77. The van der Waals surface area contributed by atoms with Gasteiger partial charge in [-0.05, 0) is 53.1 Å². The maximum absolute atomic E-state index is 13.7. The summed E-state index contributed by atoms with van der Waals surface area (Å²) < 4.78 is 13.7. The predicted molar refractivity (Wildman–Crippen MR) is 119 cm³/mol. The number of anilines is 1. The van der Waals surface area contributed by atoms with Gasteiger partial charge in [0, 0.05) is 23.7 Å². The standard InChI is InChI=1S/C24H19FN4O3/c25-18-7-1-5-17(13-18)20-12-15(9-10-19(20)23(30)29-32)14-27-24(31)28-21-8-2-4-16-6-3-11-26-22(16)21/h1-13,32H,14H2,(H,29,30)(H2,27,28,31). The summed E-state index contributed by atoms with van der Waals surface area (Å²) in [6.07, 6.45) is 1.66. The van der Waals surface area contributed by atoms with Crippen molar-refractivity contribution in [1.29, 1.82) is 0 Å². The van der Waals surface area contributed by atoms with Crippen molar-refractivity contribution < 1.29 is 19.2 Å². The van der Waals surface area contributed by atoms with Gasteiger partial charge in [0.2, 0.25) is 0 Å². The lowest BCUT2D eigenvalue weighted by Crippen LogP contribution is -2.28. The van der Waals surface area contributed by atoms with Crippen molar-refractivity contribution in [3.05, 3.63) is 95.9 Å². The average Bonchev–Trinajstić information content (AvgIpc) is 2.82. The van der Waals surface area contributed by atoms with Crippen molar-refractivity contribution >= 4 is 28.5 Å². The van der Waals surface area contributed by atoms with Crippen molar-refractivity contribution in [3.8, 4) is 11.1 Å². The second-order valence-electron chi connectivity index (χ2n) is 7.02. The largest absolute Gasteiger partial charge is 0.334 e. The van der Waals surface area contributed by atoms with Gasteiger partial charge in [-0.1, -0.05) is 36.4 Å². The number of fused-ring (bicyclic) bond motifs is 1. The van der Waals surface area contributed by atoms with Crippen LogP contribution in [0, 0.1) is 5.82 Å². The molecule has 0 saturated carbocycles. The van der Waals surface area contributed by atoms with Crippen molar-refractivity contribution in [1.82, 2.24) is 15.8 Å². The van der Waals surface area contributed by atoms with Crippen LogP contribution in [0.4, 0.5) is 14.9 Å². The number of para-hydroxylation sites is 1. The number of hydrogen-bond donors (Lipinski definition) is 4. The molecule has 4 N–H and O–H groups in total. The highest BCUT2D eigenvalue weighted by Gasteiger charge is 2.14. The highest BCUT2D eigenvalue weighted by atomic mass is 19.1. The molecule has 7 nitrogen and oxygen atoms in total. The van der Waals surface area contributed by atoms with Crippen molar-refractivity contribution in [2.75, 3.05) is 5.32 Å². The first-order valence-electron chi connectivity index (χ1n) is 9.77. The topological polar surface area (TPSA) is 103 Å². The van der Waals surface area contributed by atoms with Gasteiger partial charge < -0.3 is 10.6 Å². The molecule has 0 saturated heterocycles. The molecule has 0 radical (unpaired) electrons. The molecule has 3 amide bonds. The Labute approximate surface area is 182 Å². The molecule has 1 aromatic heterocycles. The predicted octanol–water partition coefficient (Wildman–Crippen LogP) is 4.48. The molecule has 0 spiro atoms. The molecule has 32 heavy (non-hydrogen) atoms. The Hall–Kier alpha value is -4.30. The molecule has 1 heterocycles. The molecule has 0 aliphatic rings. The summed E-state index contributed by atoms with van der Waals surface area (Å²) in [6.45, 7) is 0.160. The fourth-order valence-corrected chi connectivity index (χ4v) is 3.41. The minimum atomic E-state index is -0.718. The summed E-state index contributed by atoms with van der Waals surface area (Å²) in [5, 5.41) is 15.5. The van der Waals surface area contributed by atoms with E-state index in [0.29, 0.717) is 27.9 Å². The number of rotatable bonds is 5. The number of carbonyl (C=O) groups is 2. The van der Waals surface area contributed by atoms with Crippen LogP contribution >= 0.6 is 0 Å². The van der Waals surface area contributed by atoms with Crippen LogP contribution in [0.5, 0.6) is 0 Å². The first-order chi connectivity index (χ1) is 15.5. The smallest absolute Gasteiger partial charge is 0.319 e. The van der Waals surface area contributed by atoms with E-state index in [0.717, 1.165) is 5.39 Å². The van der Waals surface area contributed by atoms with E-state index < -0.39 is 17.8 Å². The number of hydroxylamine groups is 1. The van der Waals surface area contributed by atoms with E-state index in [1.165, 1.54) is 24.3 Å². The summed E-state index contributed by atoms with van der Waals surface area (Å²) in [6, 6.07) is 19.4. The Morgan fingerprint density at radius 3 is 2.59 bits per heavy atom. The molecule has 8 heteroatoms. The summed E-state index contributed by atoms with van der Waals surface area (Å²) >= 11 is 0. The molecule has 160 valence electrons. The molecule has 4 rings (SSSR count). The van der Waals surface area contributed by atoms with Crippen molar-refractivity contribution in [2.24, 2.45) is 0 Å². The zero-order chi connectivity index (χ0) is 22.5. The van der Waals surface area contributed by atoms with Crippen LogP contribution in [0.3, 0.4) is 0 Å². The number of benzene rings is 3. The third-order valence-corrected chi connectivity index (χ3v) is 4.90. The van der Waals surface area contributed by atoms with Crippen LogP contribution in [-0.2, 0) is 6.54 Å². The van der Waals surface area contributed by atoms with E-state index in [-0.39, 0.29) is 12.1 Å². The van der Waals surface area contributed by atoms with Crippen LogP contribution in [0.15, 0.2) is 79.0 Å². The first kappa shape index (κ1) is 21.0. The Morgan fingerprint density at radius 1 is 0.969 bits per heavy atom. The lowest BCUT2D eigenvalue weighted by Gasteiger charge is -2.13. The lowest BCUT2D eigenvalue weighted by atomic mass is 9.96. The van der Waals surface area contributed by atoms with Gasteiger partial charge in [-0.15, -0.1) is 0 Å². The van der Waals surface area contributed by atoms with Gasteiger partial charge >= 0.3 is 6.03 Å². The van der Waals surface area contributed by atoms with Gasteiger partial charge in [-0.3, -0.25) is 15.0 Å². The Kier molecular flexibility index (Phi) is 6.05. The highest BCUT2D eigenvalue weighted by Crippen LogP contribution is 2.26. The molecule has 0 aliphatic carbocycles. The normalized spacial score (nSPS) is 10.6. The molecular formula is C24H19FN4O3. The van der Waals surface area contributed by atoms with Crippen molar-refractivity contribution in [3.63, 3.8) is 0 Å².